The summed E-state index contributed by atoms with van der Waals surface area (Å²) in [6.07, 6.45) is 2.09. The molecule has 0 radical (unpaired) electrons. The van der Waals surface area contributed by atoms with Crippen molar-refractivity contribution in [1.82, 2.24) is 14.9 Å². The fraction of sp³-hybridized carbons (Fsp3) is 0.440. The topological polar surface area (TPSA) is 49.0 Å². The van der Waals surface area contributed by atoms with Crippen LogP contribution < -0.4 is 0 Å². The first-order valence-corrected chi connectivity index (χ1v) is 10.7. The zero-order valence-electron chi connectivity index (χ0n) is 18.2. The number of carbonyl (C=O) groups is 1. The molecular formula is C25H31N3O. The molecule has 1 saturated heterocycles. The van der Waals surface area contributed by atoms with Gasteiger partial charge in [0, 0.05) is 47.9 Å². The molecule has 152 valence electrons. The molecule has 1 fully saturated rings. The molecule has 4 rings (SSSR count). The maximum Gasteiger partial charge on any atom is 0.219 e. The van der Waals surface area contributed by atoms with E-state index in [0.717, 1.165) is 37.3 Å². The zero-order valence-corrected chi connectivity index (χ0v) is 18.2. The van der Waals surface area contributed by atoms with Crippen molar-refractivity contribution >= 4 is 16.8 Å². The lowest BCUT2D eigenvalue weighted by molar-refractivity contribution is -0.129. The SMILES string of the molecule is CC(=O)N1CCC(c2ccc3[nH]c(-c4cc(C)nc(C)c4)c(C(C)C)c3c2)CC1. The summed E-state index contributed by atoms with van der Waals surface area (Å²) >= 11 is 0. The van der Waals surface area contributed by atoms with Crippen LogP contribution in [0.5, 0.6) is 0 Å². The Kier molecular flexibility index (Phi) is 5.20. The van der Waals surface area contributed by atoms with E-state index in [0.29, 0.717) is 11.8 Å². The molecule has 0 saturated carbocycles. The minimum absolute atomic E-state index is 0.194. The molecule has 1 aliphatic rings. The lowest BCUT2D eigenvalue weighted by Gasteiger charge is -2.31. The standard InChI is InChI=1S/C25H31N3O/c1-15(2)24-22-14-20(19-8-10-28(11-9-19)18(5)29)6-7-23(22)27-25(24)21-12-16(3)26-17(4)13-21/h6-7,12-15,19,27H,8-11H2,1-5H3. The Morgan fingerprint density at radius 3 is 2.34 bits per heavy atom. The Balaban J connectivity index is 1.75. The quantitative estimate of drug-likeness (QED) is 0.625. The molecule has 0 spiro atoms. The van der Waals surface area contributed by atoms with E-state index < -0.39 is 0 Å². The van der Waals surface area contributed by atoms with Crippen molar-refractivity contribution in [2.24, 2.45) is 0 Å². The number of aromatic amines is 1. The third kappa shape index (κ3) is 3.81. The lowest BCUT2D eigenvalue weighted by atomic mass is 9.87. The zero-order chi connectivity index (χ0) is 20.7. The van der Waals surface area contributed by atoms with Crippen LogP contribution in [0.25, 0.3) is 22.2 Å². The number of benzene rings is 1. The second kappa shape index (κ2) is 7.66. The van der Waals surface area contributed by atoms with Crippen LogP contribution in [0.2, 0.25) is 0 Å². The molecule has 0 bridgehead atoms. The number of piperidine rings is 1. The predicted octanol–water partition coefficient (Wildman–Crippen LogP) is 5.70. The highest BCUT2D eigenvalue weighted by atomic mass is 16.2. The number of pyridine rings is 1. The van der Waals surface area contributed by atoms with Crippen molar-refractivity contribution in [1.29, 1.82) is 0 Å². The van der Waals surface area contributed by atoms with Crippen LogP contribution in [-0.4, -0.2) is 33.9 Å². The highest BCUT2D eigenvalue weighted by molar-refractivity contribution is 5.92. The number of H-pyrrole nitrogens is 1. The Morgan fingerprint density at radius 2 is 1.76 bits per heavy atom. The van der Waals surface area contributed by atoms with Gasteiger partial charge in [0.2, 0.25) is 5.91 Å². The number of nitrogens with one attached hydrogen (secondary N) is 1. The number of aromatic nitrogens is 2. The number of nitrogens with zero attached hydrogens (tertiary/aromatic N) is 2. The second-order valence-corrected chi connectivity index (χ2v) is 8.79. The van der Waals surface area contributed by atoms with Gasteiger partial charge in [-0.15, -0.1) is 0 Å². The fourth-order valence-electron chi connectivity index (χ4n) is 4.82. The van der Waals surface area contributed by atoms with E-state index in [1.54, 1.807) is 6.92 Å². The third-order valence-corrected chi connectivity index (χ3v) is 6.22. The predicted molar refractivity (Wildman–Crippen MR) is 119 cm³/mol. The number of hydrogen-bond donors (Lipinski definition) is 1. The van der Waals surface area contributed by atoms with Gasteiger partial charge in [0.05, 0.1) is 5.69 Å². The lowest BCUT2D eigenvalue weighted by Crippen LogP contribution is -2.36. The number of hydrogen-bond acceptors (Lipinski definition) is 2. The molecule has 4 nitrogen and oxygen atoms in total. The van der Waals surface area contributed by atoms with Crippen LogP contribution in [0.4, 0.5) is 0 Å². The van der Waals surface area contributed by atoms with Gasteiger partial charge in [-0.3, -0.25) is 9.78 Å². The summed E-state index contributed by atoms with van der Waals surface area (Å²) in [6, 6.07) is 11.2. The molecule has 0 atom stereocenters. The van der Waals surface area contributed by atoms with Crippen LogP contribution >= 0.6 is 0 Å². The average Bonchev–Trinajstić information content (AvgIpc) is 3.06. The Morgan fingerprint density at radius 1 is 1.10 bits per heavy atom. The summed E-state index contributed by atoms with van der Waals surface area (Å²) in [5.74, 6) is 1.14. The first-order chi connectivity index (χ1) is 13.8. The summed E-state index contributed by atoms with van der Waals surface area (Å²) in [4.78, 5) is 21.8. The van der Waals surface area contributed by atoms with Gasteiger partial charge >= 0.3 is 0 Å². The Bertz CT molecular complexity index is 1040. The number of amides is 1. The number of aryl methyl sites for hydroxylation is 2. The van der Waals surface area contributed by atoms with Gasteiger partial charge in [-0.1, -0.05) is 19.9 Å². The number of rotatable bonds is 3. The van der Waals surface area contributed by atoms with Crippen LogP contribution in [0.15, 0.2) is 30.3 Å². The third-order valence-electron chi connectivity index (χ3n) is 6.22. The molecule has 29 heavy (non-hydrogen) atoms. The van der Waals surface area contributed by atoms with Gasteiger partial charge < -0.3 is 9.88 Å². The van der Waals surface area contributed by atoms with Crippen LogP contribution in [-0.2, 0) is 4.79 Å². The maximum absolute atomic E-state index is 11.6. The minimum atomic E-state index is 0.194. The number of carbonyl (C=O) groups excluding carboxylic acids is 1. The van der Waals surface area contributed by atoms with Crippen molar-refractivity contribution in [3.63, 3.8) is 0 Å². The van der Waals surface area contributed by atoms with Gasteiger partial charge in [-0.05, 0) is 73.9 Å². The molecule has 0 unspecified atom stereocenters. The molecule has 2 aromatic heterocycles. The van der Waals surface area contributed by atoms with Gasteiger partial charge in [-0.2, -0.15) is 0 Å². The van der Waals surface area contributed by atoms with Crippen molar-refractivity contribution in [2.45, 2.75) is 59.3 Å². The van der Waals surface area contributed by atoms with Gasteiger partial charge in [0.1, 0.15) is 0 Å². The van der Waals surface area contributed by atoms with Crippen molar-refractivity contribution in [2.75, 3.05) is 13.1 Å². The molecule has 3 aromatic rings. The summed E-state index contributed by atoms with van der Waals surface area (Å²) in [6.45, 7) is 12.0. The van der Waals surface area contributed by atoms with Gasteiger partial charge in [-0.25, -0.2) is 0 Å². The summed E-state index contributed by atoms with van der Waals surface area (Å²) < 4.78 is 0. The number of fused-ring (bicyclic) bond motifs is 1. The molecule has 1 N–H and O–H groups in total. The number of likely N-dealkylation sites (tertiary alicyclic amines) is 1. The monoisotopic (exact) mass is 389 g/mol. The first kappa shape index (κ1) is 19.7. The minimum Gasteiger partial charge on any atom is -0.354 e. The van der Waals surface area contributed by atoms with E-state index in [2.05, 4.69) is 68.0 Å². The summed E-state index contributed by atoms with van der Waals surface area (Å²) in [5.41, 5.74) is 8.50. The van der Waals surface area contributed by atoms with E-state index in [9.17, 15) is 4.79 Å². The molecule has 1 aromatic carbocycles. The van der Waals surface area contributed by atoms with Crippen LogP contribution in [0.1, 0.15) is 68.0 Å². The highest BCUT2D eigenvalue weighted by Crippen LogP contribution is 2.38. The summed E-state index contributed by atoms with van der Waals surface area (Å²) in [7, 11) is 0. The molecular weight excluding hydrogens is 358 g/mol. The van der Waals surface area contributed by atoms with Gasteiger partial charge in [0.25, 0.3) is 0 Å². The highest BCUT2D eigenvalue weighted by Gasteiger charge is 2.23. The normalized spacial score (nSPS) is 15.4. The van der Waals surface area contributed by atoms with E-state index in [1.807, 2.05) is 4.90 Å². The Labute approximate surface area is 173 Å². The van der Waals surface area contributed by atoms with Crippen LogP contribution in [0.3, 0.4) is 0 Å². The van der Waals surface area contributed by atoms with E-state index >= 15 is 0 Å². The van der Waals surface area contributed by atoms with E-state index in [4.69, 9.17) is 0 Å². The molecule has 3 heterocycles. The van der Waals surface area contributed by atoms with Crippen molar-refractivity contribution < 1.29 is 4.79 Å². The molecule has 1 amide bonds. The van der Waals surface area contributed by atoms with Crippen molar-refractivity contribution in [3.05, 3.63) is 52.8 Å². The maximum atomic E-state index is 11.6. The molecule has 4 heteroatoms. The van der Waals surface area contributed by atoms with E-state index in [1.165, 1.54) is 33.3 Å². The molecule has 1 aliphatic heterocycles. The average molecular weight is 390 g/mol. The van der Waals surface area contributed by atoms with Crippen LogP contribution in [0, 0.1) is 13.8 Å². The Hall–Kier alpha value is -2.62. The summed E-state index contributed by atoms with van der Waals surface area (Å²) in [5, 5.41) is 1.33. The van der Waals surface area contributed by atoms with E-state index in [-0.39, 0.29) is 5.91 Å². The smallest absolute Gasteiger partial charge is 0.219 e. The second-order valence-electron chi connectivity index (χ2n) is 8.79. The van der Waals surface area contributed by atoms with Crippen molar-refractivity contribution in [3.8, 4) is 11.3 Å². The fourth-order valence-corrected chi connectivity index (χ4v) is 4.82. The largest absolute Gasteiger partial charge is 0.354 e. The first-order valence-electron chi connectivity index (χ1n) is 10.7. The molecule has 0 aliphatic carbocycles. The van der Waals surface area contributed by atoms with Gasteiger partial charge in [0.15, 0.2) is 0 Å².